The Kier molecular flexibility index (Phi) is 3.63. The molecule has 138 valence electrons. The molecule has 3 heterocycles. The third-order valence-corrected chi connectivity index (χ3v) is 6.59. The highest BCUT2D eigenvalue weighted by atomic mass is 32.2. The molecule has 0 saturated carbocycles. The molecule has 27 heavy (non-hydrogen) atoms. The standard InChI is InChI=1S/C20H19N3O3S/c1-12-9-17-16-10-13(26-14-6-8-21-11-14)4-5-18(16)27(24,25)23-20(17)19-15(12)3-2-7-22-19/h2-5,7,9-10,14,21,23H,6,8,11H2,1H3. The van der Waals surface area contributed by atoms with Crippen LogP contribution in [0.3, 0.4) is 0 Å². The van der Waals surface area contributed by atoms with E-state index in [1.807, 2.05) is 31.2 Å². The second-order valence-corrected chi connectivity index (χ2v) is 8.66. The minimum atomic E-state index is -3.66. The highest BCUT2D eigenvalue weighted by molar-refractivity contribution is 7.93. The summed E-state index contributed by atoms with van der Waals surface area (Å²) in [5, 5.41) is 4.21. The van der Waals surface area contributed by atoms with E-state index >= 15 is 0 Å². The van der Waals surface area contributed by atoms with Gasteiger partial charge in [0.15, 0.2) is 0 Å². The fourth-order valence-electron chi connectivity index (χ4n) is 3.87. The topological polar surface area (TPSA) is 80.3 Å². The second-order valence-electron chi connectivity index (χ2n) is 7.01. The minimum Gasteiger partial charge on any atom is -0.489 e. The maximum atomic E-state index is 12.8. The van der Waals surface area contributed by atoms with E-state index in [0.29, 0.717) is 22.5 Å². The fraction of sp³-hybridized carbons (Fsp3) is 0.250. The lowest BCUT2D eigenvalue weighted by Gasteiger charge is -2.24. The quantitative estimate of drug-likeness (QED) is 0.713. The van der Waals surface area contributed by atoms with Crippen LogP contribution in [0, 0.1) is 6.92 Å². The molecule has 2 N–H and O–H groups in total. The van der Waals surface area contributed by atoms with E-state index in [2.05, 4.69) is 15.0 Å². The number of nitrogens with one attached hydrogen (secondary N) is 2. The van der Waals surface area contributed by atoms with Crippen LogP contribution in [0.1, 0.15) is 12.0 Å². The number of fused-ring (bicyclic) bond motifs is 5. The van der Waals surface area contributed by atoms with Gasteiger partial charge < -0.3 is 10.1 Å². The van der Waals surface area contributed by atoms with Crippen LogP contribution in [0.15, 0.2) is 47.5 Å². The van der Waals surface area contributed by atoms with E-state index < -0.39 is 10.0 Å². The van der Waals surface area contributed by atoms with Crippen LogP contribution in [0.2, 0.25) is 0 Å². The van der Waals surface area contributed by atoms with Gasteiger partial charge in [-0.3, -0.25) is 9.71 Å². The molecule has 1 fully saturated rings. The molecule has 7 heteroatoms. The summed E-state index contributed by atoms with van der Waals surface area (Å²) in [7, 11) is -3.66. The summed E-state index contributed by atoms with van der Waals surface area (Å²) in [6.07, 6.45) is 2.74. The average Bonchev–Trinajstić information content (AvgIpc) is 3.16. The maximum Gasteiger partial charge on any atom is 0.262 e. The Bertz CT molecular complexity index is 1170. The van der Waals surface area contributed by atoms with Crippen molar-refractivity contribution >= 4 is 26.6 Å². The van der Waals surface area contributed by atoms with Crippen molar-refractivity contribution in [3.05, 3.63) is 48.2 Å². The lowest BCUT2D eigenvalue weighted by molar-refractivity contribution is 0.223. The van der Waals surface area contributed by atoms with Gasteiger partial charge in [-0.25, -0.2) is 8.42 Å². The molecule has 0 bridgehead atoms. The van der Waals surface area contributed by atoms with Gasteiger partial charge in [-0.1, -0.05) is 6.07 Å². The molecule has 6 nitrogen and oxygen atoms in total. The molecule has 0 radical (unpaired) electrons. The number of pyridine rings is 1. The number of rotatable bonds is 2. The van der Waals surface area contributed by atoms with E-state index in [1.165, 1.54) is 0 Å². The molecule has 0 aliphatic carbocycles. The number of aromatic nitrogens is 1. The zero-order chi connectivity index (χ0) is 18.6. The summed E-state index contributed by atoms with van der Waals surface area (Å²) in [5.74, 6) is 0.685. The third kappa shape index (κ3) is 2.65. The second kappa shape index (κ2) is 5.94. The minimum absolute atomic E-state index is 0.112. The SMILES string of the molecule is Cc1cc2c(c3ncccc13)NS(=O)(=O)c1ccc(OC3CCNC3)cc1-2. The molecule has 2 aromatic carbocycles. The monoisotopic (exact) mass is 381 g/mol. The first-order chi connectivity index (χ1) is 13.0. The number of ether oxygens (including phenoxy) is 1. The molecular formula is C20H19N3O3S. The molecule has 5 rings (SSSR count). The smallest absolute Gasteiger partial charge is 0.262 e. The highest BCUT2D eigenvalue weighted by Gasteiger charge is 2.30. The normalized spacial score (nSPS) is 20.0. The molecular weight excluding hydrogens is 362 g/mol. The van der Waals surface area contributed by atoms with Crippen LogP contribution in [0.25, 0.3) is 22.0 Å². The Morgan fingerprint density at radius 2 is 2.07 bits per heavy atom. The van der Waals surface area contributed by atoms with E-state index in [-0.39, 0.29) is 11.0 Å². The molecule has 1 aromatic heterocycles. The summed E-state index contributed by atoms with van der Waals surface area (Å²) in [6, 6.07) is 11.0. The number of benzene rings is 2. The Morgan fingerprint density at radius 3 is 2.89 bits per heavy atom. The van der Waals surface area contributed by atoms with E-state index in [4.69, 9.17) is 4.74 Å². The molecule has 2 aliphatic heterocycles. The van der Waals surface area contributed by atoms with E-state index in [9.17, 15) is 8.42 Å². The van der Waals surface area contributed by atoms with Gasteiger partial charge in [-0.15, -0.1) is 0 Å². The lowest BCUT2D eigenvalue weighted by atomic mass is 9.97. The van der Waals surface area contributed by atoms with Crippen molar-refractivity contribution in [3.8, 4) is 16.9 Å². The lowest BCUT2D eigenvalue weighted by Crippen LogP contribution is -2.21. The van der Waals surface area contributed by atoms with Gasteiger partial charge in [0.05, 0.1) is 16.1 Å². The summed E-state index contributed by atoms with van der Waals surface area (Å²) >= 11 is 0. The zero-order valence-corrected chi connectivity index (χ0v) is 15.6. The summed E-state index contributed by atoms with van der Waals surface area (Å²) in [5.41, 5.74) is 3.73. The molecule has 1 atom stereocenters. The zero-order valence-electron chi connectivity index (χ0n) is 14.8. The van der Waals surface area contributed by atoms with Crippen molar-refractivity contribution in [2.75, 3.05) is 17.8 Å². The first-order valence-electron chi connectivity index (χ1n) is 8.96. The van der Waals surface area contributed by atoms with Crippen LogP contribution in [-0.2, 0) is 10.0 Å². The highest BCUT2D eigenvalue weighted by Crippen LogP contribution is 2.44. The number of anilines is 1. The predicted molar refractivity (Wildman–Crippen MR) is 105 cm³/mol. The van der Waals surface area contributed by atoms with Crippen molar-refractivity contribution in [2.45, 2.75) is 24.3 Å². The Morgan fingerprint density at radius 1 is 1.19 bits per heavy atom. The number of hydrogen-bond donors (Lipinski definition) is 2. The first-order valence-corrected chi connectivity index (χ1v) is 10.4. The molecule has 0 amide bonds. The van der Waals surface area contributed by atoms with Gasteiger partial charge in [0, 0.05) is 29.3 Å². The van der Waals surface area contributed by atoms with Gasteiger partial charge in [0.2, 0.25) is 0 Å². The van der Waals surface area contributed by atoms with Crippen molar-refractivity contribution in [2.24, 2.45) is 0 Å². The number of aryl methyl sites for hydroxylation is 1. The van der Waals surface area contributed by atoms with Crippen LogP contribution >= 0.6 is 0 Å². The predicted octanol–water partition coefficient (Wildman–Crippen LogP) is 3.07. The maximum absolute atomic E-state index is 12.8. The van der Waals surface area contributed by atoms with Crippen molar-refractivity contribution in [1.82, 2.24) is 10.3 Å². The number of nitrogens with zero attached hydrogens (tertiary/aromatic N) is 1. The third-order valence-electron chi connectivity index (χ3n) is 5.18. The van der Waals surface area contributed by atoms with Crippen LogP contribution in [0.5, 0.6) is 5.75 Å². The van der Waals surface area contributed by atoms with Crippen molar-refractivity contribution < 1.29 is 13.2 Å². The van der Waals surface area contributed by atoms with Crippen LogP contribution in [0.4, 0.5) is 5.69 Å². The molecule has 2 aliphatic rings. The summed E-state index contributed by atoms with van der Waals surface area (Å²) in [4.78, 5) is 4.70. The average molecular weight is 381 g/mol. The fourth-order valence-corrected chi connectivity index (χ4v) is 5.16. The van der Waals surface area contributed by atoms with E-state index in [1.54, 1.807) is 18.3 Å². The molecule has 3 aromatic rings. The van der Waals surface area contributed by atoms with Crippen molar-refractivity contribution in [1.29, 1.82) is 0 Å². The number of sulfonamides is 1. The van der Waals surface area contributed by atoms with Gasteiger partial charge in [-0.05, 0) is 55.8 Å². The van der Waals surface area contributed by atoms with Crippen molar-refractivity contribution in [3.63, 3.8) is 0 Å². The van der Waals surface area contributed by atoms with E-state index in [0.717, 1.165) is 36.0 Å². The summed E-state index contributed by atoms with van der Waals surface area (Å²) < 4.78 is 34.4. The number of hydrogen-bond acceptors (Lipinski definition) is 5. The Balaban J connectivity index is 1.72. The van der Waals surface area contributed by atoms with Crippen LogP contribution < -0.4 is 14.8 Å². The molecule has 1 saturated heterocycles. The molecule has 0 spiro atoms. The van der Waals surface area contributed by atoms with Gasteiger partial charge in [-0.2, -0.15) is 0 Å². The Labute approximate surface area is 157 Å². The van der Waals surface area contributed by atoms with Crippen LogP contribution in [-0.4, -0.2) is 32.6 Å². The largest absolute Gasteiger partial charge is 0.489 e. The van der Waals surface area contributed by atoms with Gasteiger partial charge >= 0.3 is 0 Å². The first kappa shape index (κ1) is 16.5. The molecule has 1 unspecified atom stereocenters. The van der Waals surface area contributed by atoms with Gasteiger partial charge in [0.25, 0.3) is 10.0 Å². The summed E-state index contributed by atoms with van der Waals surface area (Å²) in [6.45, 7) is 3.76. The van der Waals surface area contributed by atoms with Gasteiger partial charge in [0.1, 0.15) is 11.9 Å². The Hall–Kier alpha value is -2.64.